The maximum absolute atomic E-state index is 15.0. The van der Waals surface area contributed by atoms with Gasteiger partial charge in [-0.25, -0.2) is 26.3 Å². The molecule has 0 radical (unpaired) electrons. The van der Waals surface area contributed by atoms with E-state index in [0.29, 0.717) is 23.3 Å². The van der Waals surface area contributed by atoms with Gasteiger partial charge in [-0.1, -0.05) is 60.7 Å². The molecular formula is C36H24F8O. The summed E-state index contributed by atoms with van der Waals surface area (Å²) in [5.74, 6) is -8.90. The number of aryl methyl sites for hydroxylation is 1. The molecule has 0 saturated heterocycles. The Balaban J connectivity index is 1.32. The summed E-state index contributed by atoms with van der Waals surface area (Å²) in [7, 11) is 0. The van der Waals surface area contributed by atoms with Gasteiger partial charge < -0.3 is 4.74 Å². The molecule has 0 saturated carbocycles. The van der Waals surface area contributed by atoms with E-state index in [1.165, 1.54) is 24.3 Å². The van der Waals surface area contributed by atoms with Crippen molar-refractivity contribution in [1.29, 1.82) is 0 Å². The molecule has 0 aliphatic heterocycles. The van der Waals surface area contributed by atoms with Crippen LogP contribution in [0.4, 0.5) is 35.1 Å². The van der Waals surface area contributed by atoms with Crippen LogP contribution in [0.3, 0.4) is 0 Å². The molecule has 0 spiro atoms. The summed E-state index contributed by atoms with van der Waals surface area (Å²) in [4.78, 5) is 0. The highest BCUT2D eigenvalue weighted by molar-refractivity contribution is 5.71. The van der Waals surface area contributed by atoms with Crippen LogP contribution in [0.25, 0.3) is 33.4 Å². The number of rotatable bonds is 9. The topological polar surface area (TPSA) is 9.23 Å². The highest BCUT2D eigenvalue weighted by Gasteiger charge is 2.41. The van der Waals surface area contributed by atoms with Crippen LogP contribution in [0.1, 0.15) is 24.5 Å². The average Bonchev–Trinajstić information content (AvgIpc) is 2.99. The monoisotopic (exact) mass is 624 g/mol. The molecule has 9 heteroatoms. The van der Waals surface area contributed by atoms with Crippen LogP contribution in [0.2, 0.25) is 0 Å². The van der Waals surface area contributed by atoms with Crippen LogP contribution < -0.4 is 4.74 Å². The third-order valence-electron chi connectivity index (χ3n) is 7.15. The summed E-state index contributed by atoms with van der Waals surface area (Å²) in [6.45, 7) is 1.92. The van der Waals surface area contributed by atoms with Crippen LogP contribution in [-0.2, 0) is 12.5 Å². The van der Waals surface area contributed by atoms with Crippen LogP contribution >= 0.6 is 0 Å². The van der Waals surface area contributed by atoms with E-state index in [1.807, 2.05) is 19.1 Å². The van der Waals surface area contributed by atoms with Gasteiger partial charge in [0, 0.05) is 5.56 Å². The molecule has 0 fully saturated rings. The van der Waals surface area contributed by atoms with Gasteiger partial charge in [0.1, 0.15) is 28.8 Å². The van der Waals surface area contributed by atoms with Crippen LogP contribution in [0.5, 0.6) is 5.75 Å². The van der Waals surface area contributed by atoms with Gasteiger partial charge in [-0.2, -0.15) is 8.78 Å². The summed E-state index contributed by atoms with van der Waals surface area (Å²) in [6, 6.07) is 18.4. The molecule has 0 atom stereocenters. The van der Waals surface area contributed by atoms with Crippen LogP contribution in [-0.4, -0.2) is 0 Å². The Labute approximate surface area is 254 Å². The van der Waals surface area contributed by atoms with Crippen molar-refractivity contribution in [3.63, 3.8) is 0 Å². The first kappa shape index (κ1) is 31.5. The maximum atomic E-state index is 15.0. The smallest absolute Gasteiger partial charge is 0.429 e. The first-order chi connectivity index (χ1) is 21.5. The van der Waals surface area contributed by atoms with E-state index in [0.717, 1.165) is 48.7 Å². The van der Waals surface area contributed by atoms with Gasteiger partial charge in [0.25, 0.3) is 0 Å². The zero-order chi connectivity index (χ0) is 32.3. The Hall–Kier alpha value is -4.92. The minimum absolute atomic E-state index is 0.0851. The van der Waals surface area contributed by atoms with E-state index >= 15 is 8.78 Å². The molecule has 0 amide bonds. The van der Waals surface area contributed by atoms with Gasteiger partial charge in [0.2, 0.25) is 0 Å². The van der Waals surface area contributed by atoms with Crippen molar-refractivity contribution in [3.8, 4) is 39.1 Å². The van der Waals surface area contributed by atoms with Crippen molar-refractivity contribution in [2.24, 2.45) is 0 Å². The number of ether oxygens (including phenoxy) is 1. The summed E-state index contributed by atoms with van der Waals surface area (Å²) < 4.78 is 120. The normalized spacial score (nSPS) is 11.8. The quantitative estimate of drug-likeness (QED) is 0.0901. The fourth-order valence-electron chi connectivity index (χ4n) is 4.85. The molecule has 0 heterocycles. The standard InChI is InChI=1S/C36H24F8O/c1-2-3-4-5-21-6-8-23(9-7-21)25-17-30(38)34(31(39)18-25)36(43,44)45-27-13-10-22(11-14-27)24-12-15-28(29(37)16-24)26-19-32(40)35(42)33(41)20-26/h2-3,6-20H,4-5H2,1H3. The molecular weight excluding hydrogens is 600 g/mol. The van der Waals surface area contributed by atoms with Crippen molar-refractivity contribution in [1.82, 2.24) is 0 Å². The summed E-state index contributed by atoms with van der Waals surface area (Å²) in [5.41, 5.74) is 0.215. The maximum Gasteiger partial charge on any atom is 0.432 e. The third-order valence-corrected chi connectivity index (χ3v) is 7.15. The van der Waals surface area contributed by atoms with Crippen molar-refractivity contribution >= 4 is 0 Å². The number of alkyl halides is 2. The lowest BCUT2D eigenvalue weighted by Gasteiger charge is -2.20. The molecule has 1 nitrogen and oxygen atoms in total. The lowest BCUT2D eigenvalue weighted by atomic mass is 9.99. The van der Waals surface area contributed by atoms with Crippen LogP contribution in [0, 0.1) is 34.9 Å². The molecule has 5 aromatic rings. The summed E-state index contributed by atoms with van der Waals surface area (Å²) >= 11 is 0. The predicted molar refractivity (Wildman–Crippen MR) is 157 cm³/mol. The SMILES string of the molecule is CC=CCCc1ccc(-c2cc(F)c(C(F)(F)Oc3ccc(-c4ccc(-c5cc(F)c(F)c(F)c5)c(F)c4)cc3)c(F)c2)cc1. The Morgan fingerprint density at radius 1 is 0.578 bits per heavy atom. The fourth-order valence-corrected chi connectivity index (χ4v) is 4.85. The number of hydrogen-bond donors (Lipinski definition) is 0. The lowest BCUT2D eigenvalue weighted by molar-refractivity contribution is -0.189. The Morgan fingerprint density at radius 3 is 1.67 bits per heavy atom. The van der Waals surface area contributed by atoms with Crippen LogP contribution in [0.15, 0.2) is 103 Å². The van der Waals surface area contributed by atoms with E-state index in [4.69, 9.17) is 0 Å². The molecule has 0 aliphatic rings. The first-order valence-electron chi connectivity index (χ1n) is 13.8. The van der Waals surface area contributed by atoms with E-state index in [1.54, 1.807) is 24.3 Å². The Bertz CT molecular complexity index is 1820. The lowest BCUT2D eigenvalue weighted by Crippen LogP contribution is -2.25. The summed E-state index contributed by atoms with van der Waals surface area (Å²) in [5, 5.41) is 0. The first-order valence-corrected chi connectivity index (χ1v) is 13.8. The molecule has 0 aromatic heterocycles. The second-order valence-corrected chi connectivity index (χ2v) is 10.2. The minimum Gasteiger partial charge on any atom is -0.429 e. The van der Waals surface area contributed by atoms with E-state index in [-0.39, 0.29) is 22.3 Å². The Morgan fingerprint density at radius 2 is 1.09 bits per heavy atom. The number of halogens is 8. The van der Waals surface area contributed by atoms with Gasteiger partial charge in [0.05, 0.1) is 0 Å². The Kier molecular flexibility index (Phi) is 9.09. The molecule has 5 rings (SSSR count). The zero-order valence-electron chi connectivity index (χ0n) is 23.7. The summed E-state index contributed by atoms with van der Waals surface area (Å²) in [6.07, 6.45) is 1.19. The molecule has 0 unspecified atom stereocenters. The average molecular weight is 625 g/mol. The van der Waals surface area contributed by atoms with Gasteiger partial charge >= 0.3 is 6.11 Å². The fraction of sp³-hybridized carbons (Fsp3) is 0.111. The highest BCUT2D eigenvalue weighted by Crippen LogP contribution is 2.38. The van der Waals surface area contributed by atoms with E-state index in [2.05, 4.69) is 4.74 Å². The molecule has 230 valence electrons. The minimum atomic E-state index is -4.38. The number of allylic oxidation sites excluding steroid dienone is 2. The second kappa shape index (κ2) is 13.0. The molecule has 0 bridgehead atoms. The number of benzene rings is 5. The third kappa shape index (κ3) is 6.93. The molecule has 0 aliphatic carbocycles. The molecule has 45 heavy (non-hydrogen) atoms. The van der Waals surface area contributed by atoms with Gasteiger partial charge in [-0.15, -0.1) is 0 Å². The number of hydrogen-bond acceptors (Lipinski definition) is 1. The zero-order valence-corrected chi connectivity index (χ0v) is 23.7. The van der Waals surface area contributed by atoms with Crippen molar-refractivity contribution in [2.75, 3.05) is 0 Å². The highest BCUT2D eigenvalue weighted by atomic mass is 19.3. The largest absolute Gasteiger partial charge is 0.432 e. The van der Waals surface area contributed by atoms with Crippen molar-refractivity contribution in [3.05, 3.63) is 149 Å². The second-order valence-electron chi connectivity index (χ2n) is 10.2. The molecule has 5 aromatic carbocycles. The van der Waals surface area contributed by atoms with E-state index < -0.39 is 52.3 Å². The van der Waals surface area contributed by atoms with Crippen molar-refractivity contribution in [2.45, 2.75) is 25.9 Å². The van der Waals surface area contributed by atoms with Gasteiger partial charge in [-0.05, 0) is 95.6 Å². The van der Waals surface area contributed by atoms with Gasteiger partial charge in [0.15, 0.2) is 17.5 Å². The van der Waals surface area contributed by atoms with E-state index in [9.17, 15) is 26.3 Å². The molecule has 0 N–H and O–H groups in total. The van der Waals surface area contributed by atoms with Crippen molar-refractivity contribution < 1.29 is 39.9 Å². The predicted octanol–water partition coefficient (Wildman–Crippen LogP) is 11.2. The van der Waals surface area contributed by atoms with Gasteiger partial charge in [-0.3, -0.25) is 0 Å².